The second-order valence-electron chi connectivity index (χ2n) is 4.92. The molecule has 6 nitrogen and oxygen atoms in total. The van der Waals surface area contributed by atoms with E-state index in [0.29, 0.717) is 24.0 Å². The lowest BCUT2D eigenvalue weighted by atomic mass is 10.0. The first-order valence-electron chi connectivity index (χ1n) is 6.36. The van der Waals surface area contributed by atoms with Gasteiger partial charge in [-0.15, -0.1) is 0 Å². The number of nitrogens with two attached hydrogens (primary N) is 1. The van der Waals surface area contributed by atoms with Gasteiger partial charge in [-0.25, -0.2) is 14.8 Å². The van der Waals surface area contributed by atoms with E-state index in [1.165, 1.54) is 7.11 Å². The Bertz CT molecular complexity index is 435. The van der Waals surface area contributed by atoms with Gasteiger partial charge in [-0.1, -0.05) is 13.8 Å². The lowest BCUT2D eigenvalue weighted by molar-refractivity contribution is 0.0586. The Morgan fingerprint density at radius 2 is 2.16 bits per heavy atom. The second-order valence-corrected chi connectivity index (χ2v) is 4.92. The number of hydrogen-bond acceptors (Lipinski definition) is 6. The van der Waals surface area contributed by atoms with Crippen LogP contribution in [-0.2, 0) is 4.74 Å². The molecule has 0 amide bonds. The molecule has 1 unspecified atom stereocenters. The minimum Gasteiger partial charge on any atom is -0.463 e. The summed E-state index contributed by atoms with van der Waals surface area (Å²) in [5.41, 5.74) is 6.44. The van der Waals surface area contributed by atoms with Gasteiger partial charge < -0.3 is 15.8 Å². The molecule has 0 spiro atoms. The Labute approximate surface area is 113 Å². The molecule has 0 fully saturated rings. The van der Waals surface area contributed by atoms with Crippen LogP contribution in [0.25, 0.3) is 0 Å². The van der Waals surface area contributed by atoms with Crippen LogP contribution in [0.1, 0.15) is 36.6 Å². The minimum absolute atomic E-state index is 0.0605. The number of esters is 1. The lowest BCUT2D eigenvalue weighted by Gasteiger charge is -2.19. The summed E-state index contributed by atoms with van der Waals surface area (Å²) < 4.78 is 4.63. The van der Waals surface area contributed by atoms with Crippen LogP contribution in [0.15, 0.2) is 6.07 Å². The quantitative estimate of drug-likeness (QED) is 0.755. The van der Waals surface area contributed by atoms with Crippen molar-refractivity contribution in [2.45, 2.75) is 33.2 Å². The standard InChI is InChI=1S/C13H22N4O2/c1-8(2)5-10(7-14)16-11-6-9(3)15-12(17-11)13(18)19-4/h6,8,10H,5,7,14H2,1-4H3,(H,15,16,17). The van der Waals surface area contributed by atoms with Crippen molar-refractivity contribution in [3.05, 3.63) is 17.6 Å². The molecular weight excluding hydrogens is 244 g/mol. The number of rotatable bonds is 6. The number of hydrogen-bond donors (Lipinski definition) is 2. The van der Waals surface area contributed by atoms with Gasteiger partial charge in [0.15, 0.2) is 0 Å². The van der Waals surface area contributed by atoms with E-state index < -0.39 is 5.97 Å². The van der Waals surface area contributed by atoms with Crippen molar-refractivity contribution in [1.29, 1.82) is 0 Å². The van der Waals surface area contributed by atoms with E-state index in [0.717, 1.165) is 6.42 Å². The molecule has 0 radical (unpaired) electrons. The highest BCUT2D eigenvalue weighted by atomic mass is 16.5. The fraction of sp³-hybridized carbons (Fsp3) is 0.615. The fourth-order valence-electron chi connectivity index (χ4n) is 1.82. The van der Waals surface area contributed by atoms with Gasteiger partial charge in [-0.3, -0.25) is 0 Å². The van der Waals surface area contributed by atoms with Crippen LogP contribution in [0.5, 0.6) is 0 Å². The molecule has 0 aliphatic carbocycles. The maximum atomic E-state index is 11.5. The van der Waals surface area contributed by atoms with E-state index in [9.17, 15) is 4.79 Å². The van der Waals surface area contributed by atoms with Crippen molar-refractivity contribution in [3.63, 3.8) is 0 Å². The predicted molar refractivity (Wildman–Crippen MR) is 74.0 cm³/mol. The van der Waals surface area contributed by atoms with Gasteiger partial charge in [0.05, 0.1) is 7.11 Å². The van der Waals surface area contributed by atoms with Gasteiger partial charge >= 0.3 is 5.97 Å². The molecule has 6 heteroatoms. The summed E-state index contributed by atoms with van der Waals surface area (Å²) in [7, 11) is 1.31. The predicted octanol–water partition coefficient (Wildman–Crippen LogP) is 1.36. The Morgan fingerprint density at radius 1 is 1.47 bits per heavy atom. The highest BCUT2D eigenvalue weighted by Crippen LogP contribution is 2.12. The summed E-state index contributed by atoms with van der Waals surface area (Å²) in [6, 6.07) is 1.91. The maximum absolute atomic E-state index is 11.5. The van der Waals surface area contributed by atoms with Gasteiger partial charge in [0.1, 0.15) is 5.82 Å². The zero-order chi connectivity index (χ0) is 14.4. The number of anilines is 1. The van der Waals surface area contributed by atoms with E-state index in [-0.39, 0.29) is 11.9 Å². The molecule has 0 saturated carbocycles. The van der Waals surface area contributed by atoms with Crippen molar-refractivity contribution in [2.24, 2.45) is 11.7 Å². The zero-order valence-corrected chi connectivity index (χ0v) is 11.9. The van der Waals surface area contributed by atoms with Gasteiger partial charge in [-0.05, 0) is 19.3 Å². The molecule has 1 aromatic heterocycles. The molecule has 0 aromatic carbocycles. The smallest absolute Gasteiger partial charge is 0.376 e. The number of carbonyl (C=O) groups is 1. The monoisotopic (exact) mass is 266 g/mol. The van der Waals surface area contributed by atoms with Gasteiger partial charge in [0.2, 0.25) is 5.82 Å². The topological polar surface area (TPSA) is 90.1 Å². The summed E-state index contributed by atoms with van der Waals surface area (Å²) in [5.74, 6) is 0.651. The third-order valence-electron chi connectivity index (χ3n) is 2.61. The van der Waals surface area contributed by atoms with Crippen LogP contribution < -0.4 is 11.1 Å². The summed E-state index contributed by atoms with van der Waals surface area (Å²) in [4.78, 5) is 19.6. The van der Waals surface area contributed by atoms with Crippen LogP contribution >= 0.6 is 0 Å². The van der Waals surface area contributed by atoms with E-state index in [2.05, 4.69) is 33.9 Å². The van der Waals surface area contributed by atoms with E-state index in [1.807, 2.05) is 0 Å². The highest BCUT2D eigenvalue weighted by Gasteiger charge is 2.14. The van der Waals surface area contributed by atoms with Crippen molar-refractivity contribution in [3.8, 4) is 0 Å². The first-order valence-corrected chi connectivity index (χ1v) is 6.36. The molecular formula is C13H22N4O2. The molecule has 0 saturated heterocycles. The first-order chi connectivity index (χ1) is 8.96. The van der Waals surface area contributed by atoms with Crippen LogP contribution in [0.3, 0.4) is 0 Å². The Morgan fingerprint density at radius 3 is 2.68 bits per heavy atom. The Balaban J connectivity index is 2.88. The van der Waals surface area contributed by atoms with Crippen molar-refractivity contribution >= 4 is 11.8 Å². The van der Waals surface area contributed by atoms with Crippen molar-refractivity contribution < 1.29 is 9.53 Å². The number of aryl methyl sites for hydroxylation is 1. The average molecular weight is 266 g/mol. The fourth-order valence-corrected chi connectivity index (χ4v) is 1.82. The van der Waals surface area contributed by atoms with Crippen molar-refractivity contribution in [1.82, 2.24) is 9.97 Å². The third kappa shape index (κ3) is 4.82. The highest BCUT2D eigenvalue weighted by molar-refractivity contribution is 5.85. The molecule has 1 heterocycles. The van der Waals surface area contributed by atoms with E-state index in [1.54, 1.807) is 13.0 Å². The van der Waals surface area contributed by atoms with Crippen LogP contribution in [0.4, 0.5) is 5.82 Å². The van der Waals surface area contributed by atoms with E-state index in [4.69, 9.17) is 5.73 Å². The summed E-state index contributed by atoms with van der Waals surface area (Å²) in [6.07, 6.45) is 0.938. The van der Waals surface area contributed by atoms with Gasteiger partial charge in [-0.2, -0.15) is 0 Å². The molecule has 0 aliphatic heterocycles. The first kappa shape index (κ1) is 15.4. The second kappa shape index (κ2) is 7.04. The van der Waals surface area contributed by atoms with Gasteiger partial charge in [0, 0.05) is 24.3 Å². The van der Waals surface area contributed by atoms with Crippen LogP contribution in [0, 0.1) is 12.8 Å². The Hall–Kier alpha value is -1.69. The van der Waals surface area contributed by atoms with Crippen molar-refractivity contribution in [2.75, 3.05) is 19.0 Å². The molecule has 106 valence electrons. The molecule has 1 aromatic rings. The maximum Gasteiger partial charge on any atom is 0.376 e. The van der Waals surface area contributed by atoms with Crippen LogP contribution in [-0.4, -0.2) is 35.6 Å². The molecule has 0 aliphatic rings. The van der Waals surface area contributed by atoms with Crippen LogP contribution in [0.2, 0.25) is 0 Å². The number of aromatic nitrogens is 2. The van der Waals surface area contributed by atoms with E-state index >= 15 is 0 Å². The average Bonchev–Trinajstić information content (AvgIpc) is 2.35. The zero-order valence-electron chi connectivity index (χ0n) is 11.9. The number of carbonyl (C=O) groups excluding carboxylic acids is 1. The number of methoxy groups -OCH3 is 1. The molecule has 0 bridgehead atoms. The number of nitrogens with zero attached hydrogens (tertiary/aromatic N) is 2. The normalized spacial score (nSPS) is 12.3. The number of ether oxygens (including phenoxy) is 1. The largest absolute Gasteiger partial charge is 0.463 e. The summed E-state index contributed by atoms with van der Waals surface area (Å²) >= 11 is 0. The molecule has 1 rings (SSSR count). The third-order valence-corrected chi connectivity index (χ3v) is 2.61. The molecule has 3 N–H and O–H groups in total. The molecule has 19 heavy (non-hydrogen) atoms. The lowest BCUT2D eigenvalue weighted by Crippen LogP contribution is -2.31. The molecule has 1 atom stereocenters. The SMILES string of the molecule is COC(=O)c1nc(C)cc(NC(CN)CC(C)C)n1. The Kier molecular flexibility index (Phi) is 5.69. The summed E-state index contributed by atoms with van der Waals surface area (Å²) in [6.45, 7) is 6.58. The number of nitrogens with one attached hydrogen (secondary N) is 1. The minimum atomic E-state index is -0.542. The van der Waals surface area contributed by atoms with Gasteiger partial charge in [0.25, 0.3) is 0 Å². The summed E-state index contributed by atoms with van der Waals surface area (Å²) in [5, 5.41) is 3.24.